The molecule has 4 nitrogen and oxygen atoms in total. The monoisotopic (exact) mass is 437 g/mol. The number of hydrogen-bond acceptors (Lipinski definition) is 3. The first-order chi connectivity index (χ1) is 15.9. The van der Waals surface area contributed by atoms with Crippen molar-refractivity contribution in [1.82, 2.24) is 4.90 Å². The van der Waals surface area contributed by atoms with E-state index in [4.69, 9.17) is 4.42 Å². The number of rotatable bonds is 5. The molecule has 0 aliphatic carbocycles. The number of benzene rings is 3. The van der Waals surface area contributed by atoms with Crippen LogP contribution in [0.1, 0.15) is 64.2 Å². The second-order valence-electron chi connectivity index (χ2n) is 9.13. The molecule has 166 valence electrons. The summed E-state index contributed by atoms with van der Waals surface area (Å²) < 4.78 is 6.08. The molecule has 0 N–H and O–H groups in total. The van der Waals surface area contributed by atoms with Crippen LogP contribution in [0.15, 0.2) is 82.0 Å². The predicted molar refractivity (Wildman–Crippen MR) is 131 cm³/mol. The molecule has 0 fully saturated rings. The van der Waals surface area contributed by atoms with E-state index in [9.17, 15) is 9.59 Å². The Labute approximate surface area is 193 Å². The summed E-state index contributed by atoms with van der Waals surface area (Å²) in [5, 5.41) is 0.515. The first-order valence-electron chi connectivity index (χ1n) is 11.5. The fourth-order valence-electron chi connectivity index (χ4n) is 4.66. The lowest BCUT2D eigenvalue weighted by molar-refractivity contribution is 0.0730. The van der Waals surface area contributed by atoms with E-state index in [2.05, 4.69) is 38.1 Å². The third-order valence-electron chi connectivity index (χ3n) is 6.53. The lowest BCUT2D eigenvalue weighted by Crippen LogP contribution is -2.31. The van der Waals surface area contributed by atoms with Crippen molar-refractivity contribution in [1.29, 1.82) is 0 Å². The first-order valence-corrected chi connectivity index (χ1v) is 11.5. The van der Waals surface area contributed by atoms with E-state index in [1.807, 2.05) is 49.4 Å². The molecule has 5 rings (SSSR count). The Morgan fingerprint density at radius 2 is 1.67 bits per heavy atom. The third-order valence-corrected chi connectivity index (χ3v) is 6.53. The van der Waals surface area contributed by atoms with E-state index in [1.54, 1.807) is 11.0 Å². The fourth-order valence-corrected chi connectivity index (χ4v) is 4.66. The van der Waals surface area contributed by atoms with Gasteiger partial charge >= 0.3 is 0 Å². The summed E-state index contributed by atoms with van der Waals surface area (Å²) in [4.78, 5) is 29.0. The Balaban J connectivity index is 1.64. The molecule has 0 radical (unpaired) electrons. The van der Waals surface area contributed by atoms with Crippen molar-refractivity contribution >= 4 is 16.9 Å². The van der Waals surface area contributed by atoms with Crippen LogP contribution in [0, 0.1) is 6.92 Å². The number of nitrogens with zero attached hydrogens (tertiary/aromatic N) is 1. The molecular weight excluding hydrogens is 410 g/mol. The number of aryl methyl sites for hydroxylation is 1. The van der Waals surface area contributed by atoms with E-state index in [0.717, 1.165) is 16.7 Å². The van der Waals surface area contributed by atoms with Gasteiger partial charge in [-0.15, -0.1) is 0 Å². The Bertz CT molecular complexity index is 1380. The van der Waals surface area contributed by atoms with Crippen LogP contribution in [0.2, 0.25) is 0 Å². The molecule has 1 amide bonds. The molecule has 3 aromatic carbocycles. The maximum absolute atomic E-state index is 13.6. The molecule has 1 aromatic heterocycles. The van der Waals surface area contributed by atoms with Crippen LogP contribution in [-0.4, -0.2) is 17.4 Å². The molecule has 0 spiro atoms. The highest BCUT2D eigenvalue weighted by molar-refractivity contribution is 5.99. The topological polar surface area (TPSA) is 50.5 Å². The second kappa shape index (κ2) is 8.36. The van der Waals surface area contributed by atoms with Crippen molar-refractivity contribution < 1.29 is 9.21 Å². The number of amides is 1. The quantitative estimate of drug-likeness (QED) is 0.384. The highest BCUT2D eigenvalue weighted by atomic mass is 16.3. The van der Waals surface area contributed by atoms with Crippen LogP contribution in [0.5, 0.6) is 0 Å². The molecule has 1 atom stereocenters. The molecule has 4 heteroatoms. The summed E-state index contributed by atoms with van der Waals surface area (Å²) in [6, 6.07) is 23.4. The third kappa shape index (κ3) is 3.76. The number of carbonyl (C=O) groups is 1. The van der Waals surface area contributed by atoms with Crippen LogP contribution in [0.25, 0.3) is 11.0 Å². The molecule has 1 aliphatic heterocycles. The van der Waals surface area contributed by atoms with Gasteiger partial charge in [-0.3, -0.25) is 9.59 Å². The SMILES string of the molecule is Cc1ccc2c(=O)c3c(oc2c1)C(=O)N(CCc1ccccc1)C3c1ccc(C(C)C)cc1. The number of hydrogen-bond donors (Lipinski definition) is 0. The lowest BCUT2D eigenvalue weighted by Gasteiger charge is -2.25. The Hall–Kier alpha value is -3.66. The van der Waals surface area contributed by atoms with Crippen molar-refractivity contribution in [2.75, 3.05) is 6.54 Å². The Morgan fingerprint density at radius 1 is 0.939 bits per heavy atom. The summed E-state index contributed by atoms with van der Waals surface area (Å²) >= 11 is 0. The van der Waals surface area contributed by atoms with Gasteiger partial charge in [-0.1, -0.05) is 74.5 Å². The van der Waals surface area contributed by atoms with Crippen LogP contribution in [-0.2, 0) is 6.42 Å². The number of fused-ring (bicyclic) bond motifs is 2. The minimum atomic E-state index is -0.459. The van der Waals surface area contributed by atoms with Gasteiger partial charge in [0, 0.05) is 6.54 Å². The van der Waals surface area contributed by atoms with Gasteiger partial charge in [0.25, 0.3) is 5.91 Å². The predicted octanol–water partition coefficient (Wildman–Crippen LogP) is 6.01. The fraction of sp³-hybridized carbons (Fsp3) is 0.241. The van der Waals surface area contributed by atoms with Crippen molar-refractivity contribution in [2.24, 2.45) is 0 Å². The maximum atomic E-state index is 13.6. The highest BCUT2D eigenvalue weighted by Crippen LogP contribution is 2.38. The molecule has 1 aliphatic rings. The second-order valence-corrected chi connectivity index (χ2v) is 9.13. The van der Waals surface area contributed by atoms with Crippen LogP contribution in [0.3, 0.4) is 0 Å². The molecule has 2 heterocycles. The molecule has 4 aromatic rings. The van der Waals surface area contributed by atoms with Crippen molar-refractivity contribution in [3.8, 4) is 0 Å². The zero-order valence-corrected chi connectivity index (χ0v) is 19.2. The van der Waals surface area contributed by atoms with Gasteiger partial charge in [-0.25, -0.2) is 0 Å². The average molecular weight is 438 g/mol. The van der Waals surface area contributed by atoms with Gasteiger partial charge in [0.15, 0.2) is 5.43 Å². The van der Waals surface area contributed by atoms with Gasteiger partial charge in [0.1, 0.15) is 5.58 Å². The average Bonchev–Trinajstić information content (AvgIpc) is 3.10. The number of carbonyl (C=O) groups excluding carboxylic acids is 1. The van der Waals surface area contributed by atoms with Gasteiger partial charge in [-0.05, 0) is 53.6 Å². The molecule has 0 saturated carbocycles. The van der Waals surface area contributed by atoms with Gasteiger partial charge < -0.3 is 9.32 Å². The van der Waals surface area contributed by atoms with Gasteiger partial charge in [0.05, 0.1) is 17.0 Å². The van der Waals surface area contributed by atoms with Crippen LogP contribution >= 0.6 is 0 Å². The van der Waals surface area contributed by atoms with E-state index in [0.29, 0.717) is 35.4 Å². The zero-order chi connectivity index (χ0) is 23.1. The van der Waals surface area contributed by atoms with E-state index in [-0.39, 0.29) is 17.1 Å². The summed E-state index contributed by atoms with van der Waals surface area (Å²) in [6.45, 7) is 6.74. The van der Waals surface area contributed by atoms with E-state index < -0.39 is 6.04 Å². The smallest absolute Gasteiger partial charge is 0.290 e. The zero-order valence-electron chi connectivity index (χ0n) is 19.2. The molecule has 1 unspecified atom stereocenters. The van der Waals surface area contributed by atoms with Crippen LogP contribution in [0.4, 0.5) is 0 Å². The summed E-state index contributed by atoms with van der Waals surface area (Å²) in [5.41, 5.74) is 5.07. The minimum Gasteiger partial charge on any atom is -0.450 e. The first kappa shape index (κ1) is 21.2. The standard InChI is InChI=1S/C29H27NO3/c1-18(2)21-10-12-22(13-11-21)26-25-27(31)23-14-9-19(3)17-24(23)33-28(25)29(32)30(26)16-15-20-7-5-4-6-8-20/h4-14,17-18,26H,15-16H2,1-3H3. The highest BCUT2D eigenvalue weighted by Gasteiger charge is 2.42. The summed E-state index contributed by atoms with van der Waals surface area (Å²) in [7, 11) is 0. The van der Waals surface area contributed by atoms with Gasteiger partial charge in [0.2, 0.25) is 5.76 Å². The largest absolute Gasteiger partial charge is 0.450 e. The lowest BCUT2D eigenvalue weighted by atomic mass is 9.95. The van der Waals surface area contributed by atoms with Crippen molar-refractivity contribution in [2.45, 2.75) is 39.2 Å². The van der Waals surface area contributed by atoms with Crippen molar-refractivity contribution in [3.05, 3.63) is 117 Å². The van der Waals surface area contributed by atoms with E-state index >= 15 is 0 Å². The molecule has 0 saturated heterocycles. The molecular formula is C29H27NO3. The maximum Gasteiger partial charge on any atom is 0.290 e. The minimum absolute atomic E-state index is 0.125. The molecule has 0 bridgehead atoms. The summed E-state index contributed by atoms with van der Waals surface area (Å²) in [5.74, 6) is 0.353. The Morgan fingerprint density at radius 3 is 2.36 bits per heavy atom. The summed E-state index contributed by atoms with van der Waals surface area (Å²) in [6.07, 6.45) is 0.702. The molecule has 33 heavy (non-hydrogen) atoms. The van der Waals surface area contributed by atoms with Crippen molar-refractivity contribution in [3.63, 3.8) is 0 Å². The van der Waals surface area contributed by atoms with E-state index in [1.165, 1.54) is 5.56 Å². The van der Waals surface area contributed by atoms with Crippen LogP contribution < -0.4 is 5.43 Å². The Kier molecular flexibility index (Phi) is 5.37. The van der Waals surface area contributed by atoms with Gasteiger partial charge in [-0.2, -0.15) is 0 Å². The normalized spacial score (nSPS) is 15.5.